The Morgan fingerprint density at radius 2 is 2.10 bits per heavy atom. The fourth-order valence-corrected chi connectivity index (χ4v) is 2.88. The van der Waals surface area contributed by atoms with E-state index in [1.165, 1.54) is 0 Å². The van der Waals surface area contributed by atoms with Crippen LogP contribution in [0.1, 0.15) is 48.3 Å². The van der Waals surface area contributed by atoms with Gasteiger partial charge in [0.25, 0.3) is 12.3 Å². The van der Waals surface area contributed by atoms with Gasteiger partial charge in [-0.25, -0.2) is 8.78 Å². The van der Waals surface area contributed by atoms with Crippen LogP contribution in [0.5, 0.6) is 0 Å². The maximum absolute atomic E-state index is 12.5. The van der Waals surface area contributed by atoms with Crippen LogP contribution in [0.2, 0.25) is 0 Å². The van der Waals surface area contributed by atoms with Crippen LogP contribution in [-0.4, -0.2) is 44.8 Å². The zero-order valence-electron chi connectivity index (χ0n) is 11.0. The van der Waals surface area contributed by atoms with Crippen molar-refractivity contribution < 1.29 is 18.7 Å². The topological polar surface area (TPSA) is 69.2 Å². The van der Waals surface area contributed by atoms with Crippen LogP contribution in [0.3, 0.4) is 0 Å². The highest BCUT2D eigenvalue weighted by molar-refractivity contribution is 5.92. The predicted molar refractivity (Wildman–Crippen MR) is 66.4 cm³/mol. The van der Waals surface area contributed by atoms with Crippen LogP contribution in [0.15, 0.2) is 6.07 Å². The fraction of sp³-hybridized carbons (Fsp3) is 0.692. The van der Waals surface area contributed by atoms with E-state index in [9.17, 15) is 18.7 Å². The number of aromatic amines is 1. The van der Waals surface area contributed by atoms with E-state index in [0.29, 0.717) is 13.1 Å². The molecule has 7 heteroatoms. The molecule has 3 rings (SSSR count). The van der Waals surface area contributed by atoms with Crippen LogP contribution in [0, 0.1) is 5.92 Å². The number of aromatic nitrogens is 2. The average Bonchev–Trinajstić information content (AvgIpc) is 3.02. The van der Waals surface area contributed by atoms with Gasteiger partial charge in [-0.15, -0.1) is 0 Å². The molecule has 2 aliphatic rings. The first-order valence-electron chi connectivity index (χ1n) is 6.85. The molecule has 0 spiro atoms. The third-order valence-corrected chi connectivity index (χ3v) is 4.36. The van der Waals surface area contributed by atoms with Gasteiger partial charge in [0.1, 0.15) is 5.69 Å². The number of aliphatic hydroxyl groups is 1. The Balaban J connectivity index is 1.60. The summed E-state index contributed by atoms with van der Waals surface area (Å²) in [6.45, 7) is 1.09. The molecular weight excluding hydrogens is 268 g/mol. The number of piperidine rings is 1. The van der Waals surface area contributed by atoms with E-state index in [-0.39, 0.29) is 23.2 Å². The van der Waals surface area contributed by atoms with Gasteiger partial charge < -0.3 is 10.0 Å². The second-order valence-electron chi connectivity index (χ2n) is 5.68. The number of alkyl halides is 2. The van der Waals surface area contributed by atoms with Crippen molar-refractivity contribution in [1.82, 2.24) is 15.1 Å². The first-order chi connectivity index (χ1) is 9.49. The minimum atomic E-state index is -2.65. The van der Waals surface area contributed by atoms with Crippen LogP contribution < -0.4 is 0 Å². The summed E-state index contributed by atoms with van der Waals surface area (Å²) in [6, 6.07) is 1.10. The third-order valence-electron chi connectivity index (χ3n) is 4.36. The lowest BCUT2D eigenvalue weighted by molar-refractivity contribution is 0.0338. The Morgan fingerprint density at radius 3 is 2.60 bits per heavy atom. The van der Waals surface area contributed by atoms with E-state index in [1.807, 2.05) is 0 Å². The molecule has 0 radical (unpaired) electrons. The Hall–Kier alpha value is -1.50. The standard InChI is InChI=1S/C13H17F2N3O2/c14-11(15)9-7-10(17-16-9)12(19)18-5-1-8(2-6-18)13(20)3-4-13/h7-8,11,20H,1-6H2,(H,16,17). The zero-order chi connectivity index (χ0) is 14.3. The van der Waals surface area contributed by atoms with E-state index < -0.39 is 12.0 Å². The number of carbonyl (C=O) groups excluding carboxylic acids is 1. The van der Waals surface area contributed by atoms with E-state index in [0.717, 1.165) is 31.7 Å². The van der Waals surface area contributed by atoms with Crippen molar-refractivity contribution in [3.63, 3.8) is 0 Å². The maximum Gasteiger partial charge on any atom is 0.279 e. The van der Waals surface area contributed by atoms with Gasteiger partial charge >= 0.3 is 0 Å². The number of carbonyl (C=O) groups is 1. The number of halogens is 2. The monoisotopic (exact) mass is 285 g/mol. The largest absolute Gasteiger partial charge is 0.390 e. The number of hydrogen-bond acceptors (Lipinski definition) is 3. The predicted octanol–water partition coefficient (Wildman–Crippen LogP) is 1.72. The minimum absolute atomic E-state index is 0.0314. The molecule has 20 heavy (non-hydrogen) atoms. The molecule has 0 atom stereocenters. The molecule has 0 unspecified atom stereocenters. The van der Waals surface area contributed by atoms with Crippen molar-refractivity contribution in [2.24, 2.45) is 5.92 Å². The lowest BCUT2D eigenvalue weighted by Crippen LogP contribution is -2.42. The summed E-state index contributed by atoms with van der Waals surface area (Å²) in [5.41, 5.74) is -0.816. The smallest absolute Gasteiger partial charge is 0.279 e. The molecule has 1 aromatic heterocycles. The van der Waals surface area contributed by atoms with Crippen molar-refractivity contribution in [3.8, 4) is 0 Å². The Kier molecular flexibility index (Phi) is 3.24. The first kappa shape index (κ1) is 13.5. The molecule has 1 amide bonds. The highest BCUT2D eigenvalue weighted by Crippen LogP contribution is 2.46. The van der Waals surface area contributed by atoms with Gasteiger partial charge in [0.05, 0.1) is 5.60 Å². The molecule has 2 N–H and O–H groups in total. The number of nitrogens with one attached hydrogen (secondary N) is 1. The van der Waals surface area contributed by atoms with Gasteiger partial charge in [0.2, 0.25) is 0 Å². The van der Waals surface area contributed by atoms with E-state index in [1.54, 1.807) is 4.90 Å². The molecule has 2 fully saturated rings. The molecule has 0 aromatic carbocycles. The van der Waals surface area contributed by atoms with Crippen LogP contribution in [0.4, 0.5) is 8.78 Å². The number of amides is 1. The van der Waals surface area contributed by atoms with Crippen molar-refractivity contribution in [2.45, 2.75) is 37.7 Å². The van der Waals surface area contributed by atoms with Crippen molar-refractivity contribution >= 4 is 5.91 Å². The molecule has 2 heterocycles. The normalized spacial score (nSPS) is 22.3. The molecule has 1 saturated heterocycles. The highest BCUT2D eigenvalue weighted by Gasteiger charge is 2.48. The summed E-state index contributed by atoms with van der Waals surface area (Å²) in [5, 5.41) is 15.9. The third kappa shape index (κ3) is 2.42. The molecule has 1 aliphatic heterocycles. The number of hydrogen-bond donors (Lipinski definition) is 2. The molecule has 0 bridgehead atoms. The molecular formula is C13H17F2N3O2. The maximum atomic E-state index is 12.5. The second-order valence-corrected chi connectivity index (χ2v) is 5.68. The van der Waals surface area contributed by atoms with Crippen molar-refractivity contribution in [3.05, 3.63) is 17.5 Å². The summed E-state index contributed by atoms with van der Waals surface area (Å²) in [6.07, 6.45) is 0.563. The summed E-state index contributed by atoms with van der Waals surface area (Å²) >= 11 is 0. The summed E-state index contributed by atoms with van der Waals surface area (Å²) < 4.78 is 24.9. The van der Waals surface area contributed by atoms with Crippen LogP contribution in [-0.2, 0) is 0 Å². The SMILES string of the molecule is O=C(c1cc(C(F)F)[nH]n1)N1CCC(C2(O)CC2)CC1. The van der Waals surface area contributed by atoms with Gasteiger partial charge in [0, 0.05) is 13.1 Å². The summed E-state index contributed by atoms with van der Waals surface area (Å²) in [5.74, 6) is -0.0725. The Labute approximate surface area is 115 Å². The van der Waals surface area contributed by atoms with Crippen LogP contribution in [0.25, 0.3) is 0 Å². The number of H-pyrrole nitrogens is 1. The summed E-state index contributed by atoms with van der Waals surface area (Å²) in [7, 11) is 0. The Bertz CT molecular complexity index is 505. The van der Waals surface area contributed by atoms with E-state index in [4.69, 9.17) is 0 Å². The quantitative estimate of drug-likeness (QED) is 0.888. The number of rotatable bonds is 3. The molecule has 1 aliphatic carbocycles. The molecule has 1 saturated carbocycles. The highest BCUT2D eigenvalue weighted by atomic mass is 19.3. The van der Waals surface area contributed by atoms with Crippen molar-refractivity contribution in [2.75, 3.05) is 13.1 Å². The second kappa shape index (κ2) is 4.80. The van der Waals surface area contributed by atoms with E-state index >= 15 is 0 Å². The van der Waals surface area contributed by atoms with Gasteiger partial charge in [-0.2, -0.15) is 5.10 Å². The fourth-order valence-electron chi connectivity index (χ4n) is 2.88. The van der Waals surface area contributed by atoms with Crippen molar-refractivity contribution in [1.29, 1.82) is 0 Å². The minimum Gasteiger partial charge on any atom is -0.390 e. The Morgan fingerprint density at radius 1 is 1.45 bits per heavy atom. The van der Waals surface area contributed by atoms with Gasteiger partial charge in [0.15, 0.2) is 5.69 Å². The number of likely N-dealkylation sites (tertiary alicyclic amines) is 1. The molecule has 1 aromatic rings. The van der Waals surface area contributed by atoms with Gasteiger partial charge in [-0.3, -0.25) is 9.89 Å². The van der Waals surface area contributed by atoms with Crippen LogP contribution >= 0.6 is 0 Å². The van der Waals surface area contributed by atoms with Gasteiger partial charge in [-0.1, -0.05) is 0 Å². The number of nitrogens with zero attached hydrogens (tertiary/aromatic N) is 2. The molecule has 5 nitrogen and oxygen atoms in total. The zero-order valence-corrected chi connectivity index (χ0v) is 11.0. The van der Waals surface area contributed by atoms with Gasteiger partial charge in [-0.05, 0) is 37.7 Å². The lowest BCUT2D eigenvalue weighted by Gasteiger charge is -2.34. The lowest BCUT2D eigenvalue weighted by atomic mass is 9.89. The first-order valence-corrected chi connectivity index (χ1v) is 6.85. The summed E-state index contributed by atoms with van der Waals surface area (Å²) in [4.78, 5) is 13.8. The van der Waals surface area contributed by atoms with E-state index in [2.05, 4.69) is 10.2 Å². The average molecular weight is 285 g/mol. The molecule has 110 valence electrons.